The van der Waals surface area contributed by atoms with Gasteiger partial charge in [0.15, 0.2) is 23.0 Å². The number of carbonyl (C=O) groups is 1. The number of cyclic esters (lactones) is 1. The van der Waals surface area contributed by atoms with Crippen LogP contribution in [-0.4, -0.2) is 25.6 Å². The van der Waals surface area contributed by atoms with Crippen molar-refractivity contribution >= 4 is 17.9 Å². The summed E-state index contributed by atoms with van der Waals surface area (Å²) in [5.41, 5.74) is 0.914. The number of aliphatic imine (C=N–C) groups is 1. The number of ether oxygens (including phenoxy) is 3. The van der Waals surface area contributed by atoms with E-state index < -0.39 is 5.97 Å². The molecule has 2 heterocycles. The van der Waals surface area contributed by atoms with Gasteiger partial charge >= 0.3 is 5.97 Å². The quantitative estimate of drug-likeness (QED) is 0.463. The van der Waals surface area contributed by atoms with Gasteiger partial charge in [0.2, 0.25) is 0 Å². The Balaban J connectivity index is 1.88. The molecule has 1 aromatic carbocycles. The van der Waals surface area contributed by atoms with Crippen molar-refractivity contribution in [1.82, 2.24) is 0 Å². The second kappa shape index (κ2) is 6.87. The molecule has 0 radical (unpaired) electrons. The van der Waals surface area contributed by atoms with Gasteiger partial charge in [0.05, 0.1) is 13.4 Å². The molecule has 1 aliphatic heterocycles. The number of hydrogen-bond donors (Lipinski definition) is 0. The fourth-order valence-corrected chi connectivity index (χ4v) is 2.11. The average Bonchev–Trinajstić information content (AvgIpc) is 3.24. The standard InChI is InChI=1S/C18H15NO5/c1-3-8-22-14-7-6-12(11-16(14)21-2)10-13-18(20)24-17(19-13)15-5-4-9-23-15/h3-7,9-11H,1,8H2,2H3. The molecule has 1 aliphatic rings. The Hall–Kier alpha value is -3.28. The van der Waals surface area contributed by atoms with Crippen LogP contribution in [0.15, 0.2) is 64.4 Å². The molecule has 122 valence electrons. The minimum Gasteiger partial charge on any atom is -0.493 e. The molecular formula is C18H15NO5. The zero-order chi connectivity index (χ0) is 16.9. The number of carbonyl (C=O) groups excluding carboxylic acids is 1. The van der Waals surface area contributed by atoms with E-state index >= 15 is 0 Å². The van der Waals surface area contributed by atoms with E-state index in [9.17, 15) is 4.79 Å². The highest BCUT2D eigenvalue weighted by atomic mass is 16.6. The molecule has 0 fully saturated rings. The molecule has 0 amide bonds. The van der Waals surface area contributed by atoms with Crippen LogP contribution >= 0.6 is 0 Å². The Kier molecular flexibility index (Phi) is 4.47. The van der Waals surface area contributed by atoms with Crippen LogP contribution in [0, 0.1) is 0 Å². The van der Waals surface area contributed by atoms with Gasteiger partial charge in [-0.25, -0.2) is 9.79 Å². The molecule has 2 aromatic rings. The van der Waals surface area contributed by atoms with E-state index in [1.54, 1.807) is 49.6 Å². The number of rotatable bonds is 6. The maximum Gasteiger partial charge on any atom is 0.363 e. The van der Waals surface area contributed by atoms with Gasteiger partial charge in [-0.1, -0.05) is 18.7 Å². The fraction of sp³-hybridized carbons (Fsp3) is 0.111. The molecule has 1 aromatic heterocycles. The van der Waals surface area contributed by atoms with Gasteiger partial charge in [-0.3, -0.25) is 0 Å². The third-order valence-corrected chi connectivity index (χ3v) is 3.20. The summed E-state index contributed by atoms with van der Waals surface area (Å²) in [5.74, 6) is 1.15. The van der Waals surface area contributed by atoms with Crippen molar-refractivity contribution < 1.29 is 23.4 Å². The smallest absolute Gasteiger partial charge is 0.363 e. The van der Waals surface area contributed by atoms with E-state index in [4.69, 9.17) is 18.6 Å². The Bertz CT molecular complexity index is 818. The number of esters is 1. The van der Waals surface area contributed by atoms with Crippen molar-refractivity contribution in [2.75, 3.05) is 13.7 Å². The number of hydrogen-bond acceptors (Lipinski definition) is 6. The second-order valence-electron chi connectivity index (χ2n) is 4.82. The molecule has 0 aliphatic carbocycles. The summed E-state index contributed by atoms with van der Waals surface area (Å²) < 4.78 is 21.1. The lowest BCUT2D eigenvalue weighted by atomic mass is 10.1. The highest BCUT2D eigenvalue weighted by Crippen LogP contribution is 2.29. The van der Waals surface area contributed by atoms with Crippen molar-refractivity contribution in [2.24, 2.45) is 4.99 Å². The lowest BCUT2D eigenvalue weighted by Gasteiger charge is -2.09. The van der Waals surface area contributed by atoms with Crippen molar-refractivity contribution in [1.29, 1.82) is 0 Å². The number of methoxy groups -OCH3 is 1. The summed E-state index contributed by atoms with van der Waals surface area (Å²) in [7, 11) is 1.55. The maximum atomic E-state index is 11.9. The minimum atomic E-state index is -0.535. The van der Waals surface area contributed by atoms with Gasteiger partial charge < -0.3 is 18.6 Å². The highest BCUT2D eigenvalue weighted by Gasteiger charge is 2.25. The van der Waals surface area contributed by atoms with Crippen LogP contribution < -0.4 is 9.47 Å². The zero-order valence-corrected chi connectivity index (χ0v) is 13.0. The topological polar surface area (TPSA) is 70.3 Å². The first kappa shape index (κ1) is 15.6. The summed E-state index contributed by atoms with van der Waals surface area (Å²) >= 11 is 0. The molecule has 0 saturated heterocycles. The summed E-state index contributed by atoms with van der Waals surface area (Å²) in [6.45, 7) is 3.98. The van der Waals surface area contributed by atoms with Crippen molar-refractivity contribution in [2.45, 2.75) is 0 Å². The Morgan fingerprint density at radius 2 is 2.17 bits per heavy atom. The largest absolute Gasteiger partial charge is 0.493 e. The molecule has 0 unspecified atom stereocenters. The summed E-state index contributed by atoms with van der Waals surface area (Å²) in [5, 5.41) is 0. The van der Waals surface area contributed by atoms with Crippen LogP contribution in [-0.2, 0) is 9.53 Å². The van der Waals surface area contributed by atoms with Crippen molar-refractivity contribution in [3.8, 4) is 11.5 Å². The number of furan rings is 1. The molecule has 0 N–H and O–H groups in total. The Morgan fingerprint density at radius 1 is 1.29 bits per heavy atom. The fourth-order valence-electron chi connectivity index (χ4n) is 2.11. The van der Waals surface area contributed by atoms with Crippen LogP contribution in [0.3, 0.4) is 0 Å². The van der Waals surface area contributed by atoms with E-state index in [0.29, 0.717) is 23.9 Å². The van der Waals surface area contributed by atoms with Crippen molar-refractivity contribution in [3.63, 3.8) is 0 Å². The molecule has 6 heteroatoms. The first-order chi connectivity index (χ1) is 11.7. The number of benzene rings is 1. The van der Waals surface area contributed by atoms with E-state index in [2.05, 4.69) is 11.6 Å². The van der Waals surface area contributed by atoms with Crippen LogP contribution in [0.2, 0.25) is 0 Å². The molecule has 24 heavy (non-hydrogen) atoms. The summed E-state index contributed by atoms with van der Waals surface area (Å²) in [4.78, 5) is 16.1. The first-order valence-electron chi connectivity index (χ1n) is 7.19. The summed E-state index contributed by atoms with van der Waals surface area (Å²) in [6, 6.07) is 8.66. The van der Waals surface area contributed by atoms with Crippen LogP contribution in [0.25, 0.3) is 6.08 Å². The minimum absolute atomic E-state index is 0.147. The molecule has 0 spiro atoms. The lowest BCUT2D eigenvalue weighted by Crippen LogP contribution is -2.04. The summed E-state index contributed by atoms with van der Waals surface area (Å²) in [6.07, 6.45) is 4.74. The average molecular weight is 325 g/mol. The van der Waals surface area contributed by atoms with Gasteiger partial charge in [0.25, 0.3) is 5.90 Å². The molecule has 0 bridgehead atoms. The van der Waals surface area contributed by atoms with Crippen molar-refractivity contribution in [3.05, 3.63) is 66.3 Å². The van der Waals surface area contributed by atoms with E-state index in [0.717, 1.165) is 5.56 Å². The molecule has 6 nitrogen and oxygen atoms in total. The molecule has 3 rings (SSSR count). The third kappa shape index (κ3) is 3.22. The third-order valence-electron chi connectivity index (χ3n) is 3.20. The Morgan fingerprint density at radius 3 is 2.88 bits per heavy atom. The predicted octanol–water partition coefficient (Wildman–Crippen LogP) is 3.20. The number of nitrogens with zero attached hydrogens (tertiary/aromatic N) is 1. The molecule has 0 saturated carbocycles. The highest BCUT2D eigenvalue weighted by molar-refractivity contribution is 6.11. The maximum absolute atomic E-state index is 11.9. The molecular weight excluding hydrogens is 310 g/mol. The van der Waals surface area contributed by atoms with Gasteiger partial charge in [-0.05, 0) is 35.9 Å². The van der Waals surface area contributed by atoms with Crippen LogP contribution in [0.1, 0.15) is 11.3 Å². The zero-order valence-electron chi connectivity index (χ0n) is 13.0. The Labute approximate surface area is 138 Å². The second-order valence-corrected chi connectivity index (χ2v) is 4.82. The SMILES string of the molecule is C=CCOc1ccc(C=C2N=C(c3ccco3)OC2=O)cc1OC. The van der Waals surface area contributed by atoms with E-state index in [1.165, 1.54) is 6.26 Å². The van der Waals surface area contributed by atoms with Crippen LogP contribution in [0.5, 0.6) is 11.5 Å². The van der Waals surface area contributed by atoms with Gasteiger partial charge in [-0.2, -0.15) is 0 Å². The van der Waals surface area contributed by atoms with Gasteiger partial charge in [0.1, 0.15) is 6.61 Å². The normalized spacial score (nSPS) is 15.1. The molecule has 0 atom stereocenters. The van der Waals surface area contributed by atoms with Crippen LogP contribution in [0.4, 0.5) is 0 Å². The predicted molar refractivity (Wildman–Crippen MR) is 88.0 cm³/mol. The lowest BCUT2D eigenvalue weighted by molar-refractivity contribution is -0.130. The van der Waals surface area contributed by atoms with Gasteiger partial charge in [-0.15, -0.1) is 0 Å². The monoisotopic (exact) mass is 325 g/mol. The van der Waals surface area contributed by atoms with Gasteiger partial charge in [0, 0.05) is 0 Å². The first-order valence-corrected chi connectivity index (χ1v) is 7.19. The van der Waals surface area contributed by atoms with E-state index in [-0.39, 0.29) is 11.6 Å². The van der Waals surface area contributed by atoms with E-state index in [1.807, 2.05) is 0 Å².